The van der Waals surface area contributed by atoms with Gasteiger partial charge in [0, 0.05) is 12.3 Å². The fraction of sp³-hybridized carbons (Fsp3) is 0. The van der Waals surface area contributed by atoms with E-state index in [1.165, 1.54) is 18.5 Å². The van der Waals surface area contributed by atoms with E-state index in [0.29, 0.717) is 21.1 Å². The van der Waals surface area contributed by atoms with E-state index in [1.807, 2.05) is 0 Å². The Morgan fingerprint density at radius 2 is 2.39 bits per heavy atom. The molecule has 0 saturated carbocycles. The van der Waals surface area contributed by atoms with E-state index in [2.05, 4.69) is 26.2 Å². The van der Waals surface area contributed by atoms with Crippen LogP contribution in [-0.2, 0) is 4.79 Å². The first-order valence-electron chi connectivity index (χ1n) is 4.99. The molecule has 0 aliphatic carbocycles. The van der Waals surface area contributed by atoms with Gasteiger partial charge in [0.1, 0.15) is 10.4 Å². The SMILES string of the molecule is O=C(/C=C/c1ccco1)Nc1cc(Cl)cnc1Br. The van der Waals surface area contributed by atoms with Crippen molar-refractivity contribution in [2.45, 2.75) is 0 Å². The minimum atomic E-state index is -0.295. The number of nitrogens with zero attached hydrogens (tertiary/aromatic N) is 1. The molecular formula is C12H8BrClN2O2. The molecule has 0 aromatic carbocycles. The first-order valence-corrected chi connectivity index (χ1v) is 6.16. The zero-order valence-corrected chi connectivity index (χ0v) is 11.4. The first-order chi connectivity index (χ1) is 8.65. The third-order valence-electron chi connectivity index (χ3n) is 2.01. The van der Waals surface area contributed by atoms with Crippen LogP contribution in [0.5, 0.6) is 0 Å². The minimum Gasteiger partial charge on any atom is -0.465 e. The molecule has 0 radical (unpaired) electrons. The predicted molar refractivity (Wildman–Crippen MR) is 73.3 cm³/mol. The molecule has 0 bridgehead atoms. The van der Waals surface area contributed by atoms with Gasteiger partial charge < -0.3 is 9.73 Å². The van der Waals surface area contributed by atoms with Gasteiger partial charge in [0.05, 0.1) is 17.0 Å². The number of anilines is 1. The molecule has 6 heteroatoms. The maximum absolute atomic E-state index is 11.6. The monoisotopic (exact) mass is 326 g/mol. The Kier molecular flexibility index (Phi) is 4.17. The molecule has 92 valence electrons. The lowest BCUT2D eigenvalue weighted by molar-refractivity contribution is -0.111. The van der Waals surface area contributed by atoms with E-state index in [0.717, 1.165) is 0 Å². The van der Waals surface area contributed by atoms with Crippen LogP contribution in [0.3, 0.4) is 0 Å². The molecule has 2 rings (SSSR count). The third kappa shape index (κ3) is 3.45. The molecule has 18 heavy (non-hydrogen) atoms. The van der Waals surface area contributed by atoms with Crippen LogP contribution < -0.4 is 5.32 Å². The molecule has 4 nitrogen and oxygen atoms in total. The number of carbonyl (C=O) groups is 1. The Hall–Kier alpha value is -1.59. The molecule has 0 saturated heterocycles. The fourth-order valence-electron chi connectivity index (χ4n) is 1.23. The Labute approximate surface area is 117 Å². The summed E-state index contributed by atoms with van der Waals surface area (Å²) < 4.78 is 5.59. The van der Waals surface area contributed by atoms with E-state index >= 15 is 0 Å². The average molecular weight is 328 g/mol. The third-order valence-corrected chi connectivity index (χ3v) is 2.84. The maximum Gasteiger partial charge on any atom is 0.248 e. The molecule has 0 unspecified atom stereocenters. The van der Waals surface area contributed by atoms with Gasteiger partial charge in [-0.3, -0.25) is 4.79 Å². The number of hydrogen-bond acceptors (Lipinski definition) is 3. The van der Waals surface area contributed by atoms with Gasteiger partial charge in [-0.15, -0.1) is 0 Å². The summed E-state index contributed by atoms with van der Waals surface area (Å²) >= 11 is 9.01. The number of aromatic nitrogens is 1. The van der Waals surface area contributed by atoms with Gasteiger partial charge in [-0.25, -0.2) is 4.98 Å². The quantitative estimate of drug-likeness (QED) is 0.690. The van der Waals surface area contributed by atoms with E-state index in [-0.39, 0.29) is 5.91 Å². The van der Waals surface area contributed by atoms with Crippen LogP contribution in [-0.4, -0.2) is 10.9 Å². The number of nitrogens with one attached hydrogen (secondary N) is 1. The van der Waals surface area contributed by atoms with Crippen LogP contribution in [0.2, 0.25) is 5.02 Å². The van der Waals surface area contributed by atoms with Crippen LogP contribution in [0, 0.1) is 0 Å². The molecule has 1 N–H and O–H groups in total. The van der Waals surface area contributed by atoms with Crippen LogP contribution in [0.1, 0.15) is 5.76 Å². The highest BCUT2D eigenvalue weighted by atomic mass is 79.9. The van der Waals surface area contributed by atoms with Crippen molar-refractivity contribution in [2.24, 2.45) is 0 Å². The number of pyridine rings is 1. The van der Waals surface area contributed by atoms with Gasteiger partial charge in [-0.05, 0) is 40.2 Å². The van der Waals surface area contributed by atoms with Gasteiger partial charge in [0.15, 0.2) is 0 Å². The smallest absolute Gasteiger partial charge is 0.248 e. The zero-order chi connectivity index (χ0) is 13.0. The van der Waals surface area contributed by atoms with Gasteiger partial charge in [-0.1, -0.05) is 11.6 Å². The van der Waals surface area contributed by atoms with Crippen LogP contribution in [0.25, 0.3) is 6.08 Å². The number of halogens is 2. The largest absolute Gasteiger partial charge is 0.465 e. The van der Waals surface area contributed by atoms with Crippen LogP contribution in [0.4, 0.5) is 5.69 Å². The Balaban J connectivity index is 2.05. The van der Waals surface area contributed by atoms with Crippen molar-refractivity contribution in [1.82, 2.24) is 4.98 Å². The average Bonchev–Trinajstić information content (AvgIpc) is 2.84. The number of furan rings is 1. The molecule has 1 amide bonds. The summed E-state index contributed by atoms with van der Waals surface area (Å²) in [4.78, 5) is 15.6. The molecule has 0 fully saturated rings. The molecule has 0 spiro atoms. The molecule has 0 atom stereocenters. The highest BCUT2D eigenvalue weighted by Gasteiger charge is 2.05. The summed E-state index contributed by atoms with van der Waals surface area (Å²) in [6.07, 6.45) is 5.96. The zero-order valence-electron chi connectivity index (χ0n) is 9.06. The van der Waals surface area contributed by atoms with Gasteiger partial charge in [0.25, 0.3) is 0 Å². The van der Waals surface area contributed by atoms with Crippen molar-refractivity contribution < 1.29 is 9.21 Å². The Bertz CT molecular complexity index is 582. The van der Waals surface area contributed by atoms with Crippen molar-refractivity contribution in [3.05, 3.63) is 52.1 Å². The molecule has 2 aromatic heterocycles. The van der Waals surface area contributed by atoms with E-state index < -0.39 is 0 Å². The lowest BCUT2D eigenvalue weighted by Gasteiger charge is -2.04. The van der Waals surface area contributed by atoms with E-state index in [9.17, 15) is 4.79 Å². The lowest BCUT2D eigenvalue weighted by Crippen LogP contribution is -2.08. The molecular weight excluding hydrogens is 320 g/mol. The number of rotatable bonds is 3. The summed E-state index contributed by atoms with van der Waals surface area (Å²) in [6.45, 7) is 0. The maximum atomic E-state index is 11.6. The fourth-order valence-corrected chi connectivity index (χ4v) is 1.70. The van der Waals surface area contributed by atoms with Crippen molar-refractivity contribution in [3.63, 3.8) is 0 Å². The number of carbonyl (C=O) groups excluding carboxylic acids is 1. The second-order valence-electron chi connectivity index (χ2n) is 3.33. The summed E-state index contributed by atoms with van der Waals surface area (Å²) in [5.41, 5.74) is 0.511. The van der Waals surface area contributed by atoms with Crippen molar-refractivity contribution in [1.29, 1.82) is 0 Å². The molecule has 0 aliphatic rings. The minimum absolute atomic E-state index is 0.295. The summed E-state index contributed by atoms with van der Waals surface area (Å²) in [7, 11) is 0. The normalized spacial score (nSPS) is 10.8. The predicted octanol–water partition coefficient (Wildman–Crippen LogP) is 3.74. The number of amides is 1. The molecule has 0 aliphatic heterocycles. The number of hydrogen-bond donors (Lipinski definition) is 1. The van der Waals surface area contributed by atoms with Gasteiger partial charge in [0.2, 0.25) is 5.91 Å². The lowest BCUT2D eigenvalue weighted by atomic mass is 10.3. The Morgan fingerprint density at radius 3 is 3.11 bits per heavy atom. The van der Waals surface area contributed by atoms with Gasteiger partial charge >= 0.3 is 0 Å². The Morgan fingerprint density at radius 1 is 1.56 bits per heavy atom. The van der Waals surface area contributed by atoms with Crippen molar-refractivity contribution >= 4 is 45.2 Å². The summed E-state index contributed by atoms with van der Waals surface area (Å²) in [6, 6.07) is 5.10. The standard InChI is InChI=1S/C12H8BrClN2O2/c13-12-10(6-8(14)7-15-12)16-11(17)4-3-9-2-1-5-18-9/h1-7H,(H,16,17)/b4-3+. The summed E-state index contributed by atoms with van der Waals surface area (Å²) in [5, 5.41) is 3.10. The van der Waals surface area contributed by atoms with E-state index in [4.69, 9.17) is 16.0 Å². The first kappa shape index (κ1) is 12.9. The highest BCUT2D eigenvalue weighted by Crippen LogP contribution is 2.23. The van der Waals surface area contributed by atoms with Gasteiger partial charge in [-0.2, -0.15) is 0 Å². The highest BCUT2D eigenvalue weighted by molar-refractivity contribution is 9.10. The van der Waals surface area contributed by atoms with Crippen LogP contribution >= 0.6 is 27.5 Å². The second kappa shape index (κ2) is 5.84. The van der Waals surface area contributed by atoms with Crippen molar-refractivity contribution in [3.8, 4) is 0 Å². The molecule has 2 aromatic rings. The molecule has 2 heterocycles. The van der Waals surface area contributed by atoms with Crippen molar-refractivity contribution in [2.75, 3.05) is 5.32 Å². The topological polar surface area (TPSA) is 55.1 Å². The van der Waals surface area contributed by atoms with E-state index in [1.54, 1.807) is 24.3 Å². The summed E-state index contributed by atoms with van der Waals surface area (Å²) in [5.74, 6) is 0.310. The second-order valence-corrected chi connectivity index (χ2v) is 4.52. The van der Waals surface area contributed by atoms with Crippen LogP contribution in [0.15, 0.2) is 45.8 Å².